The molecule has 1 aromatic carbocycles. The van der Waals surface area contributed by atoms with Gasteiger partial charge in [0.25, 0.3) is 0 Å². The second-order valence-electron chi connectivity index (χ2n) is 8.53. The van der Waals surface area contributed by atoms with Crippen LogP contribution in [0.5, 0.6) is 0 Å². The average molecular weight is 386 g/mol. The predicted octanol–water partition coefficient (Wildman–Crippen LogP) is 5.27. The molecule has 1 unspecified atom stereocenters. The Morgan fingerprint density at radius 2 is 1.75 bits per heavy atom. The maximum atomic E-state index is 12.8. The average Bonchev–Trinajstić information content (AvgIpc) is 3.01. The normalized spacial score (nSPS) is 25.7. The molecule has 1 atom stereocenters. The summed E-state index contributed by atoms with van der Waals surface area (Å²) in [5, 5.41) is 3.42. The summed E-state index contributed by atoms with van der Waals surface area (Å²) < 4.78 is 5.51. The predicted molar refractivity (Wildman–Crippen MR) is 113 cm³/mol. The van der Waals surface area contributed by atoms with Gasteiger partial charge in [0.05, 0.1) is 0 Å². The zero-order valence-corrected chi connectivity index (χ0v) is 17.3. The van der Waals surface area contributed by atoms with E-state index in [1.54, 1.807) is 6.92 Å². The fourth-order valence-electron chi connectivity index (χ4n) is 4.82. The van der Waals surface area contributed by atoms with Gasteiger partial charge in [-0.25, -0.2) is 0 Å². The van der Waals surface area contributed by atoms with E-state index in [2.05, 4.69) is 5.32 Å². The van der Waals surface area contributed by atoms with Crippen LogP contribution in [-0.4, -0.2) is 31.3 Å². The standard InChI is InChI=1S/C24H35NO3/c1-18(26)22-8-2-3-9-23(22)25-15-4-6-19-10-12-21(13-11-19)24(27)20-7-5-16-28-17-14-20/h2-3,8-9,19-21,25H,4-7,10-17H2,1H3. The number of para-hydroxylation sites is 1. The fourth-order valence-corrected chi connectivity index (χ4v) is 4.82. The minimum absolute atomic E-state index is 0.103. The molecular formula is C24H35NO3. The molecule has 1 saturated heterocycles. The van der Waals surface area contributed by atoms with Crippen molar-refractivity contribution in [3.63, 3.8) is 0 Å². The van der Waals surface area contributed by atoms with Crippen LogP contribution in [0.4, 0.5) is 5.69 Å². The van der Waals surface area contributed by atoms with Crippen molar-refractivity contribution in [3.05, 3.63) is 29.8 Å². The molecule has 2 fully saturated rings. The third kappa shape index (κ3) is 5.91. The molecular weight excluding hydrogens is 350 g/mol. The zero-order chi connectivity index (χ0) is 19.8. The molecule has 28 heavy (non-hydrogen) atoms. The second kappa shape index (κ2) is 10.8. The molecule has 3 rings (SSSR count). The summed E-state index contributed by atoms with van der Waals surface area (Å²) in [4.78, 5) is 24.5. The molecule has 2 aliphatic rings. The van der Waals surface area contributed by atoms with Crippen molar-refractivity contribution in [1.82, 2.24) is 0 Å². The van der Waals surface area contributed by atoms with Crippen molar-refractivity contribution in [2.45, 2.75) is 64.7 Å². The Bertz CT molecular complexity index is 641. The van der Waals surface area contributed by atoms with E-state index in [4.69, 9.17) is 4.74 Å². The molecule has 1 N–H and O–H groups in total. The Morgan fingerprint density at radius 1 is 1.00 bits per heavy atom. The summed E-state index contributed by atoms with van der Waals surface area (Å²) in [5.74, 6) is 1.90. The first kappa shape index (κ1) is 21.0. The number of Topliss-reactive ketones (excluding diaryl/α,β-unsaturated/α-hetero) is 2. The molecule has 1 saturated carbocycles. The SMILES string of the molecule is CC(=O)c1ccccc1NCCCC1CCC(C(=O)C2CCCOCC2)CC1. The van der Waals surface area contributed by atoms with Crippen molar-refractivity contribution >= 4 is 17.3 Å². The molecule has 1 aromatic rings. The number of hydrogen-bond acceptors (Lipinski definition) is 4. The number of benzene rings is 1. The van der Waals surface area contributed by atoms with Crippen LogP contribution in [0.3, 0.4) is 0 Å². The number of nitrogens with one attached hydrogen (secondary N) is 1. The van der Waals surface area contributed by atoms with Crippen molar-refractivity contribution in [2.24, 2.45) is 17.8 Å². The molecule has 154 valence electrons. The Hall–Kier alpha value is -1.68. The van der Waals surface area contributed by atoms with Gasteiger partial charge in [0, 0.05) is 42.8 Å². The Balaban J connectivity index is 1.36. The van der Waals surface area contributed by atoms with Crippen molar-refractivity contribution < 1.29 is 14.3 Å². The van der Waals surface area contributed by atoms with Crippen LogP contribution in [0.25, 0.3) is 0 Å². The van der Waals surface area contributed by atoms with E-state index >= 15 is 0 Å². The summed E-state index contributed by atoms with van der Waals surface area (Å²) >= 11 is 0. The van der Waals surface area contributed by atoms with Gasteiger partial charge >= 0.3 is 0 Å². The van der Waals surface area contributed by atoms with Crippen LogP contribution in [0.2, 0.25) is 0 Å². The van der Waals surface area contributed by atoms with E-state index < -0.39 is 0 Å². The zero-order valence-electron chi connectivity index (χ0n) is 17.3. The molecule has 1 heterocycles. The first-order valence-corrected chi connectivity index (χ1v) is 11.1. The van der Waals surface area contributed by atoms with Crippen LogP contribution >= 0.6 is 0 Å². The van der Waals surface area contributed by atoms with Crippen LogP contribution in [0, 0.1) is 17.8 Å². The van der Waals surface area contributed by atoms with Crippen molar-refractivity contribution in [3.8, 4) is 0 Å². The number of ketones is 2. The van der Waals surface area contributed by atoms with Gasteiger partial charge in [-0.2, -0.15) is 0 Å². The minimum Gasteiger partial charge on any atom is -0.384 e. The van der Waals surface area contributed by atoms with Gasteiger partial charge in [-0.15, -0.1) is 0 Å². The topological polar surface area (TPSA) is 55.4 Å². The molecule has 0 amide bonds. The van der Waals surface area contributed by atoms with Crippen LogP contribution in [-0.2, 0) is 9.53 Å². The van der Waals surface area contributed by atoms with Gasteiger partial charge in [0.15, 0.2) is 5.78 Å². The lowest BCUT2D eigenvalue weighted by molar-refractivity contribution is -0.128. The molecule has 0 bridgehead atoms. The highest BCUT2D eigenvalue weighted by atomic mass is 16.5. The Labute approximate surface area is 169 Å². The van der Waals surface area contributed by atoms with Crippen LogP contribution < -0.4 is 5.32 Å². The Morgan fingerprint density at radius 3 is 2.54 bits per heavy atom. The smallest absolute Gasteiger partial charge is 0.161 e. The second-order valence-corrected chi connectivity index (χ2v) is 8.53. The van der Waals surface area contributed by atoms with E-state index in [1.165, 1.54) is 19.3 Å². The van der Waals surface area contributed by atoms with Gasteiger partial charge in [0.2, 0.25) is 0 Å². The molecule has 0 aromatic heterocycles. The lowest BCUT2D eigenvalue weighted by atomic mass is 9.75. The van der Waals surface area contributed by atoms with E-state index in [9.17, 15) is 9.59 Å². The first-order chi connectivity index (χ1) is 13.6. The highest BCUT2D eigenvalue weighted by Gasteiger charge is 2.31. The lowest BCUT2D eigenvalue weighted by Gasteiger charge is -2.29. The maximum absolute atomic E-state index is 12.8. The summed E-state index contributed by atoms with van der Waals surface area (Å²) in [5.41, 5.74) is 1.71. The summed E-state index contributed by atoms with van der Waals surface area (Å²) in [6.45, 7) is 4.08. The van der Waals surface area contributed by atoms with Gasteiger partial charge in [-0.3, -0.25) is 9.59 Å². The van der Waals surface area contributed by atoms with Gasteiger partial charge in [0.1, 0.15) is 5.78 Å². The number of hydrogen-bond donors (Lipinski definition) is 1. The van der Waals surface area contributed by atoms with E-state index in [-0.39, 0.29) is 11.7 Å². The molecule has 1 aliphatic carbocycles. The fraction of sp³-hybridized carbons (Fsp3) is 0.667. The van der Waals surface area contributed by atoms with Gasteiger partial charge in [-0.05, 0) is 82.8 Å². The first-order valence-electron chi connectivity index (χ1n) is 11.1. The minimum atomic E-state index is 0.103. The summed E-state index contributed by atoms with van der Waals surface area (Å²) in [6, 6.07) is 7.73. The van der Waals surface area contributed by atoms with Crippen molar-refractivity contribution in [2.75, 3.05) is 25.1 Å². The number of ether oxygens (including phenoxy) is 1. The molecule has 0 spiro atoms. The van der Waals surface area contributed by atoms with E-state index in [0.29, 0.717) is 11.7 Å². The summed E-state index contributed by atoms with van der Waals surface area (Å²) in [7, 11) is 0. The number of carbonyl (C=O) groups excluding carboxylic acids is 2. The summed E-state index contributed by atoms with van der Waals surface area (Å²) in [6.07, 6.45) is 9.79. The largest absolute Gasteiger partial charge is 0.384 e. The quantitative estimate of drug-likeness (QED) is 0.489. The molecule has 0 radical (unpaired) electrons. The molecule has 4 heteroatoms. The van der Waals surface area contributed by atoms with E-state index in [0.717, 1.165) is 75.5 Å². The highest BCUT2D eigenvalue weighted by Crippen LogP contribution is 2.35. The monoisotopic (exact) mass is 385 g/mol. The Kier molecular flexibility index (Phi) is 8.08. The van der Waals surface area contributed by atoms with Gasteiger partial charge < -0.3 is 10.1 Å². The molecule has 4 nitrogen and oxygen atoms in total. The van der Waals surface area contributed by atoms with E-state index in [1.807, 2.05) is 24.3 Å². The third-order valence-electron chi connectivity index (χ3n) is 6.51. The van der Waals surface area contributed by atoms with Crippen LogP contribution in [0.15, 0.2) is 24.3 Å². The highest BCUT2D eigenvalue weighted by molar-refractivity contribution is 5.99. The number of rotatable bonds is 8. The van der Waals surface area contributed by atoms with Crippen molar-refractivity contribution in [1.29, 1.82) is 0 Å². The molecule has 1 aliphatic heterocycles. The third-order valence-corrected chi connectivity index (χ3v) is 6.51. The van der Waals surface area contributed by atoms with Gasteiger partial charge in [-0.1, -0.05) is 12.1 Å². The lowest BCUT2D eigenvalue weighted by Crippen LogP contribution is -2.28. The maximum Gasteiger partial charge on any atom is 0.161 e. The number of anilines is 1. The van der Waals surface area contributed by atoms with Crippen LogP contribution in [0.1, 0.15) is 75.1 Å². The number of carbonyl (C=O) groups is 2.